The molecule has 0 atom stereocenters. The van der Waals surface area contributed by atoms with Crippen LogP contribution in [0, 0.1) is 0 Å². The molecule has 4 rings (SSSR count). The summed E-state index contributed by atoms with van der Waals surface area (Å²) >= 11 is 1.58. The van der Waals surface area contributed by atoms with Crippen LogP contribution in [0.4, 0.5) is 5.69 Å². The number of carbonyl (C=O) groups excluding carboxylic acids is 1. The van der Waals surface area contributed by atoms with Gasteiger partial charge in [0, 0.05) is 5.56 Å². The lowest BCUT2D eigenvalue weighted by molar-refractivity contribution is 0.0728. The van der Waals surface area contributed by atoms with Gasteiger partial charge in [0.05, 0.1) is 22.2 Å². The van der Waals surface area contributed by atoms with Crippen LogP contribution in [0.1, 0.15) is 15.9 Å². The summed E-state index contributed by atoms with van der Waals surface area (Å²) in [5.41, 5.74) is 2.38. The maximum atomic E-state index is 12.0. The topological polar surface area (TPSA) is 41.9 Å². The molecular weight excluding hydrogens is 247 g/mol. The third kappa shape index (κ3) is 1.21. The first-order chi connectivity index (χ1) is 8.84. The number of rotatable bonds is 0. The SMILES string of the molecule is O=C1OB2c3sccc3C=NN2c2ccccc21. The van der Waals surface area contributed by atoms with Gasteiger partial charge in [0.25, 0.3) is 0 Å². The van der Waals surface area contributed by atoms with Gasteiger partial charge < -0.3 is 4.65 Å². The molecule has 3 heterocycles. The van der Waals surface area contributed by atoms with Crippen molar-refractivity contribution in [1.82, 2.24) is 0 Å². The zero-order valence-electron chi connectivity index (χ0n) is 9.24. The lowest BCUT2D eigenvalue weighted by Gasteiger charge is -2.32. The van der Waals surface area contributed by atoms with E-state index >= 15 is 0 Å². The van der Waals surface area contributed by atoms with E-state index in [-0.39, 0.29) is 5.97 Å². The lowest BCUT2D eigenvalue weighted by atomic mass is 9.74. The van der Waals surface area contributed by atoms with Gasteiger partial charge in [0.1, 0.15) is 0 Å². The van der Waals surface area contributed by atoms with Gasteiger partial charge in [0.2, 0.25) is 0 Å². The normalized spacial score (nSPS) is 15.9. The van der Waals surface area contributed by atoms with E-state index in [0.29, 0.717) is 5.56 Å². The largest absolute Gasteiger partial charge is 0.554 e. The fourth-order valence-electron chi connectivity index (χ4n) is 2.24. The molecule has 2 aliphatic rings. The molecule has 0 saturated carbocycles. The number of hydrazone groups is 1. The Labute approximate surface area is 108 Å². The van der Waals surface area contributed by atoms with Crippen molar-refractivity contribution in [3.8, 4) is 0 Å². The number of nitrogens with zero attached hydrogens (tertiary/aromatic N) is 2. The summed E-state index contributed by atoms with van der Waals surface area (Å²) in [6, 6.07) is 9.35. The summed E-state index contributed by atoms with van der Waals surface area (Å²) in [6.45, 7) is 0. The minimum atomic E-state index is -0.424. The molecular formula is C12H7BN2O2S. The van der Waals surface area contributed by atoms with Crippen molar-refractivity contribution in [3.63, 3.8) is 0 Å². The molecule has 0 fully saturated rings. The van der Waals surface area contributed by atoms with Crippen LogP contribution in [-0.2, 0) is 4.65 Å². The summed E-state index contributed by atoms with van der Waals surface area (Å²) in [4.78, 5) is 13.7. The highest BCUT2D eigenvalue weighted by Crippen LogP contribution is 2.29. The molecule has 0 aliphatic carbocycles. The Kier molecular flexibility index (Phi) is 1.90. The molecule has 6 heteroatoms. The van der Waals surface area contributed by atoms with Gasteiger partial charge >= 0.3 is 13.0 Å². The first-order valence-corrected chi connectivity index (χ1v) is 6.43. The molecule has 0 saturated heterocycles. The Balaban J connectivity index is 1.93. The van der Waals surface area contributed by atoms with Crippen molar-refractivity contribution < 1.29 is 9.45 Å². The fraction of sp³-hybridized carbons (Fsp3) is 0. The van der Waals surface area contributed by atoms with Gasteiger partial charge in [0.15, 0.2) is 0 Å². The highest BCUT2D eigenvalue weighted by atomic mass is 32.1. The quantitative estimate of drug-likeness (QED) is 0.668. The number of benzene rings is 1. The Morgan fingerprint density at radius 1 is 1.28 bits per heavy atom. The molecule has 1 aromatic heterocycles. The Morgan fingerprint density at radius 2 is 2.17 bits per heavy atom. The van der Waals surface area contributed by atoms with Gasteiger partial charge in [-0.15, -0.1) is 0 Å². The fourth-order valence-corrected chi connectivity index (χ4v) is 3.12. The number of hydrogen-bond acceptors (Lipinski definition) is 5. The second-order valence-electron chi connectivity index (χ2n) is 4.10. The van der Waals surface area contributed by atoms with Crippen LogP contribution in [-0.4, -0.2) is 19.2 Å². The predicted octanol–water partition coefficient (Wildman–Crippen LogP) is 1.47. The van der Waals surface area contributed by atoms with Crippen molar-refractivity contribution >= 4 is 41.0 Å². The number of hydrogen-bond donors (Lipinski definition) is 0. The monoisotopic (exact) mass is 254 g/mol. The first-order valence-electron chi connectivity index (χ1n) is 5.55. The van der Waals surface area contributed by atoms with E-state index in [9.17, 15) is 4.79 Å². The van der Waals surface area contributed by atoms with E-state index in [4.69, 9.17) is 4.65 Å². The minimum Gasteiger partial charge on any atom is -0.506 e. The van der Waals surface area contributed by atoms with Crippen LogP contribution in [0.3, 0.4) is 0 Å². The van der Waals surface area contributed by atoms with Crippen LogP contribution < -0.4 is 9.70 Å². The van der Waals surface area contributed by atoms with Crippen molar-refractivity contribution in [1.29, 1.82) is 0 Å². The molecule has 18 heavy (non-hydrogen) atoms. The summed E-state index contributed by atoms with van der Waals surface area (Å²) in [7, 11) is -0.424. The maximum Gasteiger partial charge on any atom is 0.554 e. The second-order valence-corrected chi connectivity index (χ2v) is 5.05. The first kappa shape index (κ1) is 9.90. The Bertz CT molecular complexity index is 682. The molecule has 0 radical (unpaired) electrons. The van der Waals surface area contributed by atoms with Crippen LogP contribution in [0.2, 0.25) is 0 Å². The van der Waals surface area contributed by atoms with Crippen LogP contribution in [0.25, 0.3) is 0 Å². The molecule has 0 N–H and O–H groups in total. The molecule has 2 aromatic rings. The maximum absolute atomic E-state index is 12.0. The summed E-state index contributed by atoms with van der Waals surface area (Å²) in [5.74, 6) is -0.289. The molecule has 2 aliphatic heterocycles. The third-order valence-electron chi connectivity index (χ3n) is 3.08. The second kappa shape index (κ2) is 3.46. The number of anilines is 1. The summed E-state index contributed by atoms with van der Waals surface area (Å²) in [5, 5.41) is 6.36. The molecule has 0 amide bonds. The third-order valence-corrected chi connectivity index (χ3v) is 4.05. The van der Waals surface area contributed by atoms with E-state index in [2.05, 4.69) is 5.10 Å². The number of thiophene rings is 1. The lowest BCUT2D eigenvalue weighted by Crippen LogP contribution is -2.54. The number of carbonyl (C=O) groups is 1. The van der Waals surface area contributed by atoms with Gasteiger partial charge in [-0.2, -0.15) is 16.4 Å². The predicted molar refractivity (Wildman–Crippen MR) is 71.6 cm³/mol. The van der Waals surface area contributed by atoms with Crippen LogP contribution >= 0.6 is 11.3 Å². The van der Waals surface area contributed by atoms with E-state index in [1.54, 1.807) is 28.5 Å². The Morgan fingerprint density at radius 3 is 3.11 bits per heavy atom. The van der Waals surface area contributed by atoms with Gasteiger partial charge in [-0.05, 0) is 23.6 Å². The zero-order valence-corrected chi connectivity index (χ0v) is 10.1. The highest BCUT2D eigenvalue weighted by Gasteiger charge is 2.43. The minimum absolute atomic E-state index is 0.289. The summed E-state index contributed by atoms with van der Waals surface area (Å²) < 4.78 is 6.51. The van der Waals surface area contributed by atoms with Crippen molar-refractivity contribution in [2.24, 2.45) is 5.10 Å². The van der Waals surface area contributed by atoms with Crippen LogP contribution in [0.5, 0.6) is 0 Å². The average Bonchev–Trinajstić information content (AvgIpc) is 2.88. The van der Waals surface area contributed by atoms with E-state index in [1.165, 1.54) is 0 Å². The molecule has 0 bridgehead atoms. The van der Waals surface area contributed by atoms with E-state index in [1.807, 2.05) is 29.6 Å². The van der Waals surface area contributed by atoms with Gasteiger partial charge in [-0.1, -0.05) is 12.1 Å². The summed E-state index contributed by atoms with van der Waals surface area (Å²) in [6.07, 6.45) is 1.80. The molecule has 0 spiro atoms. The standard InChI is InChI=1S/C12H7BN2O2S/c16-12-9-3-1-2-4-10(9)15-13(17-12)11-8(7-14-15)5-6-18-11/h1-7H. The van der Waals surface area contributed by atoms with Crippen LogP contribution in [0.15, 0.2) is 40.8 Å². The zero-order chi connectivity index (χ0) is 12.1. The molecule has 0 unspecified atom stereocenters. The molecule has 86 valence electrons. The number of fused-ring (bicyclic) bond motifs is 5. The Hall–Kier alpha value is -2.08. The van der Waals surface area contributed by atoms with E-state index in [0.717, 1.165) is 16.0 Å². The highest BCUT2D eigenvalue weighted by molar-refractivity contribution is 7.22. The van der Waals surface area contributed by atoms with Crippen molar-refractivity contribution in [2.45, 2.75) is 0 Å². The molecule has 4 nitrogen and oxygen atoms in total. The van der Waals surface area contributed by atoms with Crippen molar-refractivity contribution in [2.75, 3.05) is 4.92 Å². The molecule has 1 aromatic carbocycles. The van der Waals surface area contributed by atoms with E-state index < -0.39 is 7.05 Å². The number of para-hydroxylation sites is 1. The van der Waals surface area contributed by atoms with Gasteiger partial charge in [-0.3, -0.25) is 4.92 Å². The smallest absolute Gasteiger partial charge is 0.506 e. The van der Waals surface area contributed by atoms with Crippen molar-refractivity contribution in [3.05, 3.63) is 46.8 Å². The average molecular weight is 254 g/mol. The van der Waals surface area contributed by atoms with Gasteiger partial charge in [-0.25, -0.2) is 4.79 Å².